The van der Waals surface area contributed by atoms with Gasteiger partial charge in [-0.3, -0.25) is 24.1 Å². The first-order valence-electron chi connectivity index (χ1n) is 13.0. The molecule has 0 spiro atoms. The molecule has 1 saturated carbocycles. The third-order valence-corrected chi connectivity index (χ3v) is 10.5. The molecule has 2 aromatic rings. The number of alkyl halides is 2. The molecule has 3 N–H and O–H groups in total. The van der Waals surface area contributed by atoms with Crippen LogP contribution in [-0.2, 0) is 19.2 Å². The van der Waals surface area contributed by atoms with Crippen LogP contribution in [0, 0.1) is 17.8 Å². The van der Waals surface area contributed by atoms with E-state index in [9.17, 15) is 39.3 Å². The highest BCUT2D eigenvalue weighted by Crippen LogP contribution is 2.66. The Morgan fingerprint density at radius 1 is 1.02 bits per heavy atom. The molecule has 4 amide bonds. The molecule has 0 unspecified atom stereocenters. The van der Waals surface area contributed by atoms with E-state index in [1.807, 2.05) is 0 Å². The number of hydrogen-bond donors (Lipinski definition) is 3. The summed E-state index contributed by atoms with van der Waals surface area (Å²) in [7, 11) is 2.62. The van der Waals surface area contributed by atoms with E-state index in [2.05, 4.69) is 0 Å². The van der Waals surface area contributed by atoms with Crippen molar-refractivity contribution in [3.05, 3.63) is 59.2 Å². The van der Waals surface area contributed by atoms with Gasteiger partial charge in [0.25, 0.3) is 11.8 Å². The number of imide groups is 2. The van der Waals surface area contributed by atoms with Gasteiger partial charge in [-0.2, -0.15) is 0 Å². The normalized spacial score (nSPS) is 32.0. The number of fused-ring (bicyclic) bond motifs is 4. The minimum absolute atomic E-state index is 0.0135. The van der Waals surface area contributed by atoms with Gasteiger partial charge < -0.3 is 20.1 Å². The van der Waals surface area contributed by atoms with Crippen LogP contribution in [0.3, 0.4) is 0 Å². The lowest BCUT2D eigenvalue weighted by atomic mass is 9.56. The number of aromatic hydroxyl groups is 2. The zero-order valence-electron chi connectivity index (χ0n) is 22.2. The Balaban J connectivity index is 1.50. The lowest BCUT2D eigenvalue weighted by molar-refractivity contribution is -0.138. The van der Waals surface area contributed by atoms with Gasteiger partial charge >= 0.3 is 5.97 Å². The van der Waals surface area contributed by atoms with Crippen molar-refractivity contribution >= 4 is 58.5 Å². The third kappa shape index (κ3) is 3.37. The molecular weight excluding hydrogens is 591 g/mol. The van der Waals surface area contributed by atoms with E-state index >= 15 is 0 Å². The number of para-hydroxylation sites is 1. The van der Waals surface area contributed by atoms with Gasteiger partial charge in [-0.05, 0) is 37.0 Å². The van der Waals surface area contributed by atoms with E-state index in [1.54, 1.807) is 12.1 Å². The van der Waals surface area contributed by atoms with Crippen molar-refractivity contribution < 1.29 is 44.0 Å². The van der Waals surface area contributed by atoms with Gasteiger partial charge in [-0.1, -0.05) is 23.8 Å². The van der Waals surface area contributed by atoms with E-state index in [0.717, 1.165) is 21.9 Å². The summed E-state index contributed by atoms with van der Waals surface area (Å²) in [5.41, 5.74) is 0.238. The van der Waals surface area contributed by atoms with Gasteiger partial charge in [0.2, 0.25) is 11.8 Å². The molecule has 13 heteroatoms. The average molecular weight is 615 g/mol. The number of amides is 4. The smallest absolute Gasteiger partial charge is 0.339 e. The molecule has 42 heavy (non-hydrogen) atoms. The largest absolute Gasteiger partial charge is 0.507 e. The maximum atomic E-state index is 14.0. The average Bonchev–Trinajstić information content (AvgIpc) is 3.28. The zero-order chi connectivity index (χ0) is 30.5. The number of carbonyl (C=O) groups is 5. The van der Waals surface area contributed by atoms with E-state index in [4.69, 9.17) is 27.9 Å². The number of halogens is 2. The predicted octanol–water partition coefficient (Wildman–Crippen LogP) is 3.00. The predicted molar refractivity (Wildman–Crippen MR) is 148 cm³/mol. The number of carbonyl (C=O) groups excluding carboxylic acids is 4. The molecule has 11 nitrogen and oxygen atoms in total. The van der Waals surface area contributed by atoms with Crippen LogP contribution in [0.1, 0.15) is 34.7 Å². The summed E-state index contributed by atoms with van der Waals surface area (Å²) >= 11 is 14.2. The van der Waals surface area contributed by atoms with Crippen molar-refractivity contribution in [3.8, 4) is 17.2 Å². The summed E-state index contributed by atoms with van der Waals surface area (Å²) in [5.74, 6) is -8.82. The number of phenolic OH excluding ortho intramolecular Hbond substituents is 1. The molecule has 6 rings (SSSR count). The first kappa shape index (κ1) is 28.0. The Bertz CT molecular complexity index is 1660. The molecule has 6 atom stereocenters. The summed E-state index contributed by atoms with van der Waals surface area (Å²) in [6, 6.07) is 8.01. The minimum Gasteiger partial charge on any atom is -0.507 e. The van der Waals surface area contributed by atoms with Crippen molar-refractivity contribution in [3.63, 3.8) is 0 Å². The van der Waals surface area contributed by atoms with Crippen LogP contribution in [0.25, 0.3) is 0 Å². The number of likely N-dealkylation sites (tertiary alicyclic amines) is 1. The summed E-state index contributed by atoms with van der Waals surface area (Å²) in [6.07, 6.45) is 1.56. The number of methoxy groups -OCH3 is 1. The number of benzene rings is 2. The van der Waals surface area contributed by atoms with E-state index in [0.29, 0.717) is 5.57 Å². The van der Waals surface area contributed by atoms with Crippen LogP contribution in [0.2, 0.25) is 0 Å². The number of aromatic carboxylic acids is 1. The second kappa shape index (κ2) is 9.20. The number of hydrogen-bond acceptors (Lipinski definition) is 8. The summed E-state index contributed by atoms with van der Waals surface area (Å²) < 4.78 is 5.28. The van der Waals surface area contributed by atoms with Crippen LogP contribution in [0.5, 0.6) is 17.2 Å². The van der Waals surface area contributed by atoms with Crippen LogP contribution < -0.4 is 9.64 Å². The molecule has 2 aliphatic carbocycles. The molecule has 0 radical (unpaired) electrons. The van der Waals surface area contributed by atoms with Gasteiger partial charge in [0.15, 0.2) is 21.2 Å². The van der Waals surface area contributed by atoms with Gasteiger partial charge in [0, 0.05) is 24.6 Å². The van der Waals surface area contributed by atoms with E-state index in [-0.39, 0.29) is 35.6 Å². The standard InChI is InChI=1S/C29H24Cl2N2O9/c1-32-26(40)28(30)11-17-13(21(29(28,31)27(32)41)16-4-3-5-19(42-2)22(16)35)8-9-15-20(17)24(37)33(23(15)36)12-6-7-14(25(38)39)18(34)10-12/h3-8,10,15,17,20-21,34-35H,9,11H2,1-2H3,(H,38,39)/t15-,17+,20-,21+,28+,29-/m0/s1. The molecule has 2 heterocycles. The Morgan fingerprint density at radius 2 is 1.74 bits per heavy atom. The van der Waals surface area contributed by atoms with Crippen molar-refractivity contribution in [2.75, 3.05) is 19.1 Å². The summed E-state index contributed by atoms with van der Waals surface area (Å²) in [6.45, 7) is 0. The number of anilines is 1. The fraction of sp³-hybridized carbons (Fsp3) is 0.345. The second-order valence-corrected chi connectivity index (χ2v) is 12.2. The van der Waals surface area contributed by atoms with E-state index < -0.39 is 74.3 Å². The van der Waals surface area contributed by atoms with Crippen molar-refractivity contribution in [1.82, 2.24) is 4.90 Å². The Morgan fingerprint density at radius 3 is 2.38 bits per heavy atom. The molecule has 0 bridgehead atoms. The summed E-state index contributed by atoms with van der Waals surface area (Å²) in [5, 5.41) is 30.7. The number of nitrogens with zero attached hydrogens (tertiary/aromatic N) is 2. The molecule has 218 valence electrons. The fourth-order valence-corrected chi connectivity index (χ4v) is 8.13. The number of carboxylic acids is 1. The molecule has 2 aliphatic heterocycles. The van der Waals surface area contributed by atoms with Crippen LogP contribution >= 0.6 is 23.2 Å². The van der Waals surface area contributed by atoms with Gasteiger partial charge in [-0.15, -0.1) is 23.2 Å². The first-order valence-corrected chi connectivity index (χ1v) is 13.8. The number of carboxylic acid groups (broad SMARTS) is 1. The Labute approximate surface area is 248 Å². The number of rotatable bonds is 4. The third-order valence-electron chi connectivity index (χ3n) is 9.05. The highest BCUT2D eigenvalue weighted by molar-refractivity contribution is 6.53. The first-order chi connectivity index (χ1) is 19.8. The van der Waals surface area contributed by atoms with Crippen molar-refractivity contribution in [2.24, 2.45) is 17.8 Å². The second-order valence-electron chi connectivity index (χ2n) is 10.9. The lowest BCUT2D eigenvalue weighted by Crippen LogP contribution is -2.60. The van der Waals surface area contributed by atoms with Crippen LogP contribution in [0.4, 0.5) is 5.69 Å². The zero-order valence-corrected chi connectivity index (χ0v) is 23.7. The van der Waals surface area contributed by atoms with Crippen molar-refractivity contribution in [1.29, 1.82) is 0 Å². The number of ether oxygens (including phenoxy) is 1. The molecular formula is C29H24Cl2N2O9. The Hall–Kier alpha value is -4.09. The summed E-state index contributed by atoms with van der Waals surface area (Å²) in [4.78, 5) is 63.8. The highest BCUT2D eigenvalue weighted by atomic mass is 35.5. The van der Waals surface area contributed by atoms with Gasteiger partial charge in [-0.25, -0.2) is 9.69 Å². The molecule has 3 fully saturated rings. The maximum Gasteiger partial charge on any atom is 0.339 e. The van der Waals surface area contributed by atoms with Gasteiger partial charge in [0.05, 0.1) is 24.6 Å². The van der Waals surface area contributed by atoms with Crippen LogP contribution in [0.15, 0.2) is 48.0 Å². The number of phenols is 2. The monoisotopic (exact) mass is 614 g/mol. The minimum atomic E-state index is -2.07. The SMILES string of the molecule is COc1cccc([C@H]2C3=CC[C@@H]4C(=O)N(c5ccc(C(=O)O)c(O)c5)C(=O)[C@@H]4[C@@H]3C[C@@]3(Cl)C(=O)N(C)C(=O)[C@@]23Cl)c1O. The quantitative estimate of drug-likeness (QED) is 0.267. The molecule has 0 aromatic heterocycles. The number of allylic oxidation sites excluding steroid dienone is 2. The molecule has 4 aliphatic rings. The van der Waals surface area contributed by atoms with E-state index in [1.165, 1.54) is 32.4 Å². The topological polar surface area (TPSA) is 162 Å². The Kier molecular flexibility index (Phi) is 6.15. The maximum absolute atomic E-state index is 14.0. The van der Waals surface area contributed by atoms with Crippen molar-refractivity contribution in [2.45, 2.75) is 28.5 Å². The lowest BCUT2D eigenvalue weighted by Gasteiger charge is -2.50. The van der Waals surface area contributed by atoms with Gasteiger partial charge in [0.1, 0.15) is 11.3 Å². The molecule has 2 aromatic carbocycles. The highest BCUT2D eigenvalue weighted by Gasteiger charge is 2.76. The molecule has 2 saturated heterocycles. The fourth-order valence-electron chi connectivity index (χ4n) is 7.12. The van der Waals surface area contributed by atoms with Crippen LogP contribution in [-0.4, -0.2) is 73.7 Å².